The van der Waals surface area contributed by atoms with Crippen LogP contribution in [-0.4, -0.2) is 15.8 Å². The highest BCUT2D eigenvalue weighted by Crippen LogP contribution is 2.22. The van der Waals surface area contributed by atoms with Gasteiger partial charge < -0.3 is 4.74 Å². The van der Waals surface area contributed by atoms with Gasteiger partial charge in [0.25, 0.3) is 5.88 Å². The molecule has 0 amide bonds. The Labute approximate surface area is 95.3 Å². The minimum absolute atomic E-state index is 0.188. The van der Waals surface area contributed by atoms with Gasteiger partial charge in [-0.2, -0.15) is 10.4 Å². The highest BCUT2D eigenvalue weighted by Gasteiger charge is 2.21. The first-order valence-corrected chi connectivity index (χ1v) is 4.82. The largest absolute Gasteiger partial charge is 0.456 e. The molecule has 0 N–H and O–H groups in total. The summed E-state index contributed by atoms with van der Waals surface area (Å²) >= 11 is 0. The molecule has 0 unspecified atom stereocenters. The van der Waals surface area contributed by atoms with Crippen molar-refractivity contribution in [1.29, 1.82) is 5.26 Å². The third kappa shape index (κ3) is 2.29. The summed E-state index contributed by atoms with van der Waals surface area (Å²) in [6.07, 6.45) is 5.31. The monoisotopic (exact) mass is 215 g/mol. The van der Waals surface area contributed by atoms with Crippen LogP contribution in [0.3, 0.4) is 0 Å². The van der Waals surface area contributed by atoms with E-state index in [1.807, 2.05) is 0 Å². The first-order chi connectivity index (χ1) is 7.41. The Morgan fingerprint density at radius 3 is 2.44 bits per heavy atom. The smallest absolute Gasteiger partial charge is 0.253 e. The van der Waals surface area contributed by atoms with E-state index in [0.29, 0.717) is 11.3 Å². The molecule has 0 aliphatic rings. The maximum Gasteiger partial charge on any atom is 0.253 e. The molecule has 1 aromatic heterocycles. The molecule has 0 saturated carbocycles. The quantitative estimate of drug-likeness (QED) is 0.705. The minimum Gasteiger partial charge on any atom is -0.456 e. The van der Waals surface area contributed by atoms with Crippen LogP contribution >= 0.6 is 0 Å². The van der Waals surface area contributed by atoms with E-state index in [-0.39, 0.29) is 5.88 Å². The normalized spacial score (nSPS) is 10.4. The molecule has 0 atom stereocenters. The van der Waals surface area contributed by atoms with Gasteiger partial charge in [0.2, 0.25) is 0 Å². The molecule has 0 radical (unpaired) electrons. The summed E-state index contributed by atoms with van der Waals surface area (Å²) in [5, 5.41) is 16.8. The first-order valence-electron chi connectivity index (χ1n) is 4.82. The minimum atomic E-state index is -0.804. The molecule has 0 spiro atoms. The third-order valence-corrected chi connectivity index (χ3v) is 2.23. The molecule has 16 heavy (non-hydrogen) atoms. The van der Waals surface area contributed by atoms with Crippen LogP contribution in [-0.2, 0) is 0 Å². The molecule has 4 nitrogen and oxygen atoms in total. The van der Waals surface area contributed by atoms with Crippen LogP contribution < -0.4 is 4.74 Å². The van der Waals surface area contributed by atoms with Gasteiger partial charge in [-0.15, -0.1) is 11.5 Å². The van der Waals surface area contributed by atoms with Crippen molar-refractivity contribution in [3.63, 3.8) is 0 Å². The van der Waals surface area contributed by atoms with Crippen molar-refractivity contribution in [2.45, 2.75) is 33.3 Å². The Morgan fingerprint density at radius 2 is 1.94 bits per heavy atom. The number of hydrogen-bond donors (Lipinski definition) is 0. The molecule has 1 heterocycles. The number of aromatic nitrogens is 2. The Kier molecular flexibility index (Phi) is 3.15. The van der Waals surface area contributed by atoms with Crippen molar-refractivity contribution in [3.05, 3.63) is 16.8 Å². The Balaban J connectivity index is 3.23. The van der Waals surface area contributed by atoms with E-state index < -0.39 is 5.60 Å². The van der Waals surface area contributed by atoms with Gasteiger partial charge in [0.05, 0.1) is 5.69 Å². The van der Waals surface area contributed by atoms with Crippen LogP contribution in [0.25, 0.3) is 0 Å². The fourth-order valence-electron chi connectivity index (χ4n) is 1.06. The van der Waals surface area contributed by atoms with Crippen molar-refractivity contribution < 1.29 is 4.74 Å². The second-order valence-electron chi connectivity index (χ2n) is 3.96. The maximum atomic E-state index is 9.04. The van der Waals surface area contributed by atoms with Gasteiger partial charge in [0, 0.05) is 0 Å². The zero-order chi connectivity index (χ0) is 12.3. The van der Waals surface area contributed by atoms with Gasteiger partial charge in [-0.3, -0.25) is 0 Å². The molecule has 0 bridgehead atoms. The van der Waals surface area contributed by atoms with Crippen molar-refractivity contribution in [2.75, 3.05) is 0 Å². The lowest BCUT2D eigenvalue weighted by Crippen LogP contribution is -2.27. The zero-order valence-corrected chi connectivity index (χ0v) is 9.83. The molecular weight excluding hydrogens is 202 g/mol. The summed E-state index contributed by atoms with van der Waals surface area (Å²) in [7, 11) is 0. The molecule has 0 aromatic carbocycles. The van der Waals surface area contributed by atoms with Gasteiger partial charge in [-0.1, -0.05) is 5.92 Å². The average Bonchev–Trinajstić information content (AvgIpc) is 2.24. The molecule has 0 aliphatic carbocycles. The summed E-state index contributed by atoms with van der Waals surface area (Å²) < 4.78 is 5.48. The van der Waals surface area contributed by atoms with Crippen molar-refractivity contribution in [3.8, 4) is 24.3 Å². The lowest BCUT2D eigenvalue weighted by atomic mass is 10.1. The van der Waals surface area contributed by atoms with Gasteiger partial charge in [0.1, 0.15) is 11.6 Å². The molecular formula is C12H13N3O. The standard InChI is InChI=1S/C12H13N3O/c1-6-12(4,5)16-11-10(7-13)8(2)9(3)14-15-11/h1H,2-5H3. The third-order valence-electron chi connectivity index (χ3n) is 2.23. The second-order valence-corrected chi connectivity index (χ2v) is 3.96. The zero-order valence-electron chi connectivity index (χ0n) is 9.83. The number of hydrogen-bond acceptors (Lipinski definition) is 4. The first kappa shape index (κ1) is 12.0. The summed E-state index contributed by atoms with van der Waals surface area (Å²) in [5.74, 6) is 2.66. The van der Waals surface area contributed by atoms with Gasteiger partial charge >= 0.3 is 0 Å². The predicted octanol–water partition coefficient (Wildman–Crippen LogP) is 1.76. The fraction of sp³-hybridized carbons (Fsp3) is 0.417. The fourth-order valence-corrected chi connectivity index (χ4v) is 1.06. The van der Waals surface area contributed by atoms with Crippen molar-refractivity contribution >= 4 is 0 Å². The number of rotatable bonds is 2. The highest BCUT2D eigenvalue weighted by molar-refractivity contribution is 5.45. The maximum absolute atomic E-state index is 9.04. The average molecular weight is 215 g/mol. The Bertz CT molecular complexity index is 492. The van der Waals surface area contributed by atoms with Crippen LogP contribution in [0.2, 0.25) is 0 Å². The SMILES string of the molecule is C#CC(C)(C)Oc1nnc(C)c(C)c1C#N. The Hall–Kier alpha value is -2.07. The van der Waals surface area contributed by atoms with E-state index in [1.54, 1.807) is 27.7 Å². The summed E-state index contributed by atoms with van der Waals surface area (Å²) in [5.41, 5.74) is 1.06. The molecule has 1 aromatic rings. The van der Waals surface area contributed by atoms with Crippen molar-refractivity contribution in [1.82, 2.24) is 10.2 Å². The van der Waals surface area contributed by atoms with Crippen LogP contribution in [0.1, 0.15) is 30.7 Å². The second kappa shape index (κ2) is 4.20. The van der Waals surface area contributed by atoms with E-state index in [2.05, 4.69) is 22.2 Å². The van der Waals surface area contributed by atoms with Crippen LogP contribution in [0.4, 0.5) is 0 Å². The number of nitrogens with zero attached hydrogens (tertiary/aromatic N) is 3. The summed E-state index contributed by atoms with van der Waals surface area (Å²) in [6, 6.07) is 2.06. The van der Waals surface area contributed by atoms with Gasteiger partial charge in [-0.05, 0) is 33.3 Å². The summed E-state index contributed by atoms with van der Waals surface area (Å²) in [6.45, 7) is 7.05. The number of ether oxygens (including phenoxy) is 1. The number of nitriles is 1. The summed E-state index contributed by atoms with van der Waals surface area (Å²) in [4.78, 5) is 0. The predicted molar refractivity (Wildman–Crippen MR) is 59.8 cm³/mol. The molecule has 82 valence electrons. The van der Waals surface area contributed by atoms with E-state index in [1.165, 1.54) is 0 Å². The van der Waals surface area contributed by atoms with E-state index in [9.17, 15) is 0 Å². The van der Waals surface area contributed by atoms with E-state index in [0.717, 1.165) is 5.56 Å². The van der Waals surface area contributed by atoms with Gasteiger partial charge in [-0.25, -0.2) is 0 Å². The Morgan fingerprint density at radius 1 is 1.31 bits per heavy atom. The van der Waals surface area contributed by atoms with Crippen LogP contribution in [0, 0.1) is 37.5 Å². The number of aryl methyl sites for hydroxylation is 1. The lowest BCUT2D eigenvalue weighted by Gasteiger charge is -2.20. The lowest BCUT2D eigenvalue weighted by molar-refractivity contribution is 0.162. The molecule has 0 fully saturated rings. The van der Waals surface area contributed by atoms with Crippen molar-refractivity contribution in [2.24, 2.45) is 0 Å². The molecule has 0 aliphatic heterocycles. The van der Waals surface area contributed by atoms with Crippen LogP contribution in [0.15, 0.2) is 0 Å². The van der Waals surface area contributed by atoms with E-state index in [4.69, 9.17) is 16.4 Å². The van der Waals surface area contributed by atoms with E-state index >= 15 is 0 Å². The number of terminal acetylenes is 1. The molecule has 4 heteroatoms. The van der Waals surface area contributed by atoms with Gasteiger partial charge in [0.15, 0.2) is 5.60 Å². The highest BCUT2D eigenvalue weighted by atomic mass is 16.5. The molecule has 0 saturated heterocycles. The molecule has 1 rings (SSSR count). The topological polar surface area (TPSA) is 58.8 Å². The van der Waals surface area contributed by atoms with Crippen LogP contribution in [0.5, 0.6) is 5.88 Å².